The van der Waals surface area contributed by atoms with Crippen molar-refractivity contribution in [2.75, 3.05) is 12.0 Å². The summed E-state index contributed by atoms with van der Waals surface area (Å²) in [6.45, 7) is 1.92. The van der Waals surface area contributed by atoms with E-state index in [4.69, 9.17) is 0 Å². The molecule has 0 amide bonds. The lowest BCUT2D eigenvalue weighted by atomic mass is 10.3. The highest BCUT2D eigenvalue weighted by Gasteiger charge is 2.29. The zero-order valence-electron chi connectivity index (χ0n) is 5.76. The molecule has 1 atom stereocenters. The molecule has 1 aliphatic heterocycles. The van der Waals surface area contributed by atoms with Gasteiger partial charge in [0.05, 0.1) is 0 Å². The molecule has 0 bridgehead atoms. The molecule has 1 aliphatic rings. The van der Waals surface area contributed by atoms with Crippen LogP contribution in [0.25, 0.3) is 0 Å². The van der Waals surface area contributed by atoms with Crippen molar-refractivity contribution in [3.63, 3.8) is 0 Å². The fourth-order valence-electron chi connectivity index (χ4n) is 1.09. The normalized spacial score (nSPS) is 43.4. The van der Waals surface area contributed by atoms with E-state index in [9.17, 15) is 8.76 Å². The minimum absolute atomic E-state index is 0.194. The van der Waals surface area contributed by atoms with Gasteiger partial charge in [-0.25, -0.2) is 4.72 Å². The minimum Gasteiger partial charge on any atom is -0.290 e. The lowest BCUT2D eigenvalue weighted by Gasteiger charge is -2.34. The van der Waals surface area contributed by atoms with Crippen LogP contribution in [0.15, 0.2) is 0 Å². The van der Waals surface area contributed by atoms with Crippen molar-refractivity contribution in [1.29, 1.82) is 0 Å². The quantitative estimate of drug-likeness (QED) is 0.520. The maximum atomic E-state index is 11.2. The van der Waals surface area contributed by atoms with Crippen molar-refractivity contribution in [2.24, 2.45) is 0 Å². The van der Waals surface area contributed by atoms with Crippen LogP contribution in [-0.2, 0) is 9.53 Å². The molecule has 0 aromatic heterocycles. The predicted octanol–water partition coefficient (Wildman–Crippen LogP) is 0.206. The van der Waals surface area contributed by atoms with Crippen molar-refractivity contribution in [3.05, 3.63) is 0 Å². The van der Waals surface area contributed by atoms with Gasteiger partial charge in [0, 0.05) is 18.1 Å². The maximum absolute atomic E-state index is 11.2. The lowest BCUT2D eigenvalue weighted by Crippen LogP contribution is -2.44. The van der Waals surface area contributed by atoms with Crippen molar-refractivity contribution in [1.82, 2.24) is 4.72 Å². The average Bonchev–Trinajstić information content (AvgIpc) is 1.78. The summed E-state index contributed by atoms with van der Waals surface area (Å²) in [6.07, 6.45) is 2.19. The molecule has 1 saturated heterocycles. The highest BCUT2D eigenvalue weighted by molar-refractivity contribution is 8.13. The van der Waals surface area contributed by atoms with Gasteiger partial charge < -0.3 is 0 Å². The molecule has 0 unspecified atom stereocenters. The summed E-state index contributed by atoms with van der Waals surface area (Å²) in [6, 6.07) is 0.194. The van der Waals surface area contributed by atoms with Gasteiger partial charge in [-0.2, -0.15) is 4.21 Å². The Morgan fingerprint density at radius 2 is 2.33 bits per heavy atom. The highest BCUT2D eigenvalue weighted by atomic mass is 32.3. The Kier molecular flexibility index (Phi) is 1.25. The summed E-state index contributed by atoms with van der Waals surface area (Å²) >= 11 is 0. The molecule has 0 aliphatic carbocycles. The van der Waals surface area contributed by atoms with Crippen LogP contribution in [0.2, 0.25) is 0 Å². The van der Waals surface area contributed by atoms with Gasteiger partial charge in [-0.1, -0.05) is 0 Å². The number of hydrogen-bond acceptors (Lipinski definition) is 1. The molecule has 0 saturated carbocycles. The van der Waals surface area contributed by atoms with Gasteiger partial charge in [0.15, 0.2) is 0 Å². The number of rotatable bonds is 0. The standard InChI is InChI=1S/C5H13NO2S/c1-5-3-4-9(2,7,8)6-5/h5H,3-4H2,1-2H3,(H2,6,7,8)/t5-/m1/s1. The van der Waals surface area contributed by atoms with Crippen LogP contribution >= 0.6 is 0 Å². The molecule has 4 heteroatoms. The van der Waals surface area contributed by atoms with Crippen LogP contribution in [0, 0.1) is 0 Å². The van der Waals surface area contributed by atoms with Gasteiger partial charge in [-0.3, -0.25) is 4.55 Å². The molecule has 1 rings (SSSR count). The van der Waals surface area contributed by atoms with E-state index in [0.717, 1.165) is 6.42 Å². The molecule has 2 N–H and O–H groups in total. The second-order valence-corrected chi connectivity index (χ2v) is 6.60. The fourth-order valence-corrected chi connectivity index (χ4v) is 3.26. The van der Waals surface area contributed by atoms with Crippen LogP contribution in [0.3, 0.4) is 0 Å². The molecule has 1 heterocycles. The Morgan fingerprint density at radius 1 is 1.78 bits per heavy atom. The third-order valence-electron chi connectivity index (χ3n) is 1.53. The number of hydrogen-bond donors (Lipinski definition) is 2. The second-order valence-electron chi connectivity index (χ2n) is 2.99. The summed E-state index contributed by atoms with van der Waals surface area (Å²) in [5.74, 6) is 0.401. The van der Waals surface area contributed by atoms with E-state index in [0.29, 0.717) is 5.75 Å². The Morgan fingerprint density at radius 3 is 2.44 bits per heavy atom. The van der Waals surface area contributed by atoms with Gasteiger partial charge in [-0.05, 0) is 13.3 Å². The van der Waals surface area contributed by atoms with Crippen LogP contribution in [0.1, 0.15) is 13.3 Å². The molecule has 3 nitrogen and oxygen atoms in total. The third kappa shape index (κ3) is 1.74. The maximum Gasteiger partial charge on any atom is 0.0490 e. The van der Waals surface area contributed by atoms with E-state index in [1.165, 1.54) is 6.26 Å². The molecule has 0 aromatic carbocycles. The molecular formula is C5H13NO2S. The van der Waals surface area contributed by atoms with Gasteiger partial charge in [0.1, 0.15) is 0 Å². The third-order valence-corrected chi connectivity index (χ3v) is 3.74. The summed E-state index contributed by atoms with van der Waals surface area (Å²) in [5, 5.41) is 0. The minimum atomic E-state index is -3.33. The Labute approximate surface area is 55.2 Å². The molecular weight excluding hydrogens is 138 g/mol. The Balaban J connectivity index is 2.79. The van der Waals surface area contributed by atoms with E-state index < -0.39 is 9.53 Å². The van der Waals surface area contributed by atoms with Gasteiger partial charge in [0.25, 0.3) is 0 Å². The van der Waals surface area contributed by atoms with Crippen LogP contribution in [0.4, 0.5) is 0 Å². The summed E-state index contributed by atoms with van der Waals surface area (Å²) in [7, 11) is -3.33. The van der Waals surface area contributed by atoms with Crippen molar-refractivity contribution in [2.45, 2.75) is 19.4 Å². The summed E-state index contributed by atoms with van der Waals surface area (Å²) in [4.78, 5) is 0. The van der Waals surface area contributed by atoms with Crippen molar-refractivity contribution >= 4 is 9.53 Å². The summed E-state index contributed by atoms with van der Waals surface area (Å²) < 4.78 is 23.2. The van der Waals surface area contributed by atoms with E-state index in [1.54, 1.807) is 0 Å². The first kappa shape index (κ1) is 7.18. The molecule has 0 aromatic rings. The molecule has 0 radical (unpaired) electrons. The van der Waals surface area contributed by atoms with E-state index >= 15 is 0 Å². The first-order valence-corrected chi connectivity index (χ1v) is 5.53. The van der Waals surface area contributed by atoms with Crippen molar-refractivity contribution < 1.29 is 8.76 Å². The first-order chi connectivity index (χ1) is 3.87. The van der Waals surface area contributed by atoms with E-state index in [2.05, 4.69) is 4.72 Å². The molecule has 0 spiro atoms. The number of nitrogens with one attached hydrogen (secondary N) is 1. The fraction of sp³-hybridized carbons (Fsp3) is 1.00. The predicted molar refractivity (Wildman–Crippen MR) is 38.8 cm³/mol. The van der Waals surface area contributed by atoms with Gasteiger partial charge in [-0.15, -0.1) is 9.53 Å². The smallest absolute Gasteiger partial charge is 0.0490 e. The molecule has 56 valence electrons. The van der Waals surface area contributed by atoms with Crippen LogP contribution in [0.5, 0.6) is 0 Å². The highest BCUT2D eigenvalue weighted by Crippen LogP contribution is 2.22. The zero-order chi connectivity index (χ0) is 7.15. The van der Waals surface area contributed by atoms with E-state index in [1.807, 2.05) is 6.92 Å². The zero-order valence-corrected chi connectivity index (χ0v) is 6.57. The lowest BCUT2D eigenvalue weighted by molar-refractivity contribution is 0.510. The van der Waals surface area contributed by atoms with Crippen molar-refractivity contribution in [3.8, 4) is 0 Å². The summed E-state index contributed by atoms with van der Waals surface area (Å²) in [5.41, 5.74) is 0. The van der Waals surface area contributed by atoms with Gasteiger partial charge >= 0.3 is 0 Å². The first-order valence-electron chi connectivity index (χ1n) is 3.02. The van der Waals surface area contributed by atoms with E-state index in [-0.39, 0.29) is 6.04 Å². The monoisotopic (exact) mass is 151 g/mol. The van der Waals surface area contributed by atoms with Crippen LogP contribution < -0.4 is 4.72 Å². The average molecular weight is 151 g/mol. The SMILES string of the molecule is C[C@@H]1CCS(C)(=O)(O)N1. The second kappa shape index (κ2) is 1.56. The Hall–Kier alpha value is 0.0700. The van der Waals surface area contributed by atoms with Crippen LogP contribution in [-0.4, -0.2) is 26.8 Å². The topological polar surface area (TPSA) is 49.3 Å². The molecule has 9 heavy (non-hydrogen) atoms. The van der Waals surface area contributed by atoms with Gasteiger partial charge in [0.2, 0.25) is 0 Å². The Bertz CT molecular complexity index is 183. The largest absolute Gasteiger partial charge is 0.290 e. The molecule has 1 fully saturated rings.